The fourth-order valence-corrected chi connectivity index (χ4v) is 2.72. The van der Waals surface area contributed by atoms with Crippen LogP contribution in [0.5, 0.6) is 5.75 Å². The third-order valence-corrected chi connectivity index (χ3v) is 3.77. The molecule has 0 fully saturated rings. The van der Waals surface area contributed by atoms with Crippen LogP contribution in [0.15, 0.2) is 11.5 Å². The van der Waals surface area contributed by atoms with Crippen molar-refractivity contribution in [3.8, 4) is 5.75 Å². The van der Waals surface area contributed by atoms with Crippen LogP contribution < -0.4 is 4.52 Å². The highest BCUT2D eigenvalue weighted by Crippen LogP contribution is 2.58. The Morgan fingerprint density at radius 1 is 0.800 bits per heavy atom. The molecule has 2 rings (SSSR count). The molecule has 0 N–H and O–H groups in total. The monoisotopic (exact) mass is 316 g/mol. The zero-order valence-corrected chi connectivity index (χ0v) is 10.9. The summed E-state index contributed by atoms with van der Waals surface area (Å²) in [5, 5.41) is 0. The van der Waals surface area contributed by atoms with Crippen LogP contribution in [0.25, 0.3) is 0 Å². The number of hydrogen-bond acceptors (Lipinski definition) is 4. The van der Waals surface area contributed by atoms with Crippen molar-refractivity contribution in [3.05, 3.63) is 40.6 Å². The number of phosphoric acid groups is 1. The molecule has 1 aliphatic rings. The van der Waals surface area contributed by atoms with Gasteiger partial charge in [-0.3, -0.25) is 0 Å². The average Bonchev–Trinajstić information content (AvgIpc) is 2.64. The molecule has 0 unspecified atom stereocenters. The molecule has 10 heteroatoms. The molecule has 0 spiro atoms. The second-order valence-electron chi connectivity index (χ2n) is 3.73. The van der Waals surface area contributed by atoms with Gasteiger partial charge < -0.3 is 13.6 Å². The fraction of sp³-hybridized carbons (Fsp3) is 0.200. The van der Waals surface area contributed by atoms with Crippen molar-refractivity contribution >= 4 is 7.82 Å². The molecule has 0 saturated heterocycles. The van der Waals surface area contributed by atoms with E-state index in [0.717, 1.165) is 0 Å². The van der Waals surface area contributed by atoms with Gasteiger partial charge in [0, 0.05) is 0 Å². The maximum absolute atomic E-state index is 13.3. The minimum Gasteiger partial charge on any atom is -0.387 e. The van der Waals surface area contributed by atoms with Crippen LogP contribution in [0, 0.1) is 29.1 Å². The van der Waals surface area contributed by atoms with Crippen LogP contribution >= 0.6 is 7.82 Å². The van der Waals surface area contributed by atoms with E-state index in [0.29, 0.717) is 0 Å². The third-order valence-electron chi connectivity index (χ3n) is 2.37. The molecule has 0 saturated carbocycles. The van der Waals surface area contributed by atoms with Gasteiger partial charge in [0.25, 0.3) is 0 Å². The Labute approximate surface area is 109 Å². The van der Waals surface area contributed by atoms with Crippen molar-refractivity contribution in [3.63, 3.8) is 0 Å². The molecule has 1 aromatic carbocycles. The van der Waals surface area contributed by atoms with E-state index in [1.54, 1.807) is 0 Å². The summed E-state index contributed by atoms with van der Waals surface area (Å²) in [6.45, 7) is 2.63. The standard InChI is InChI=1S/C10H6F5O4P/c1-3-4(2)18-20(16,17-3)19-10-8(14)6(12)5(11)7(13)9(10)15/h1-2H3. The van der Waals surface area contributed by atoms with E-state index in [9.17, 15) is 26.5 Å². The molecular formula is C10H6F5O4P. The van der Waals surface area contributed by atoms with Gasteiger partial charge in [0.15, 0.2) is 0 Å². The number of phosphoric ester groups is 1. The maximum atomic E-state index is 13.3. The first kappa shape index (κ1) is 14.6. The van der Waals surface area contributed by atoms with Gasteiger partial charge >= 0.3 is 7.82 Å². The Balaban J connectivity index is 2.44. The molecule has 1 aromatic rings. The molecule has 1 aliphatic heterocycles. The Hall–Kier alpha value is -1.76. The lowest BCUT2D eigenvalue weighted by Gasteiger charge is -2.13. The summed E-state index contributed by atoms with van der Waals surface area (Å²) in [5.74, 6) is -13.1. The summed E-state index contributed by atoms with van der Waals surface area (Å²) in [7, 11) is -4.52. The molecule has 0 bridgehead atoms. The first-order valence-corrected chi connectivity index (χ1v) is 6.50. The van der Waals surface area contributed by atoms with Crippen LogP contribution in [0.2, 0.25) is 0 Å². The number of hydrogen-bond donors (Lipinski definition) is 0. The number of allylic oxidation sites excluding steroid dienone is 2. The Bertz CT molecular complexity index is 625. The zero-order chi connectivity index (χ0) is 15.2. The highest BCUT2D eigenvalue weighted by atomic mass is 31.2. The lowest BCUT2D eigenvalue weighted by atomic mass is 10.3. The Kier molecular flexibility index (Phi) is 3.41. The summed E-state index contributed by atoms with van der Waals surface area (Å²) < 4.78 is 90.6. The van der Waals surface area contributed by atoms with E-state index < -0.39 is 42.7 Å². The van der Waals surface area contributed by atoms with Gasteiger partial charge in [0.1, 0.15) is 11.5 Å². The summed E-state index contributed by atoms with van der Waals surface area (Å²) in [5.41, 5.74) is 0. The smallest absolute Gasteiger partial charge is 0.387 e. The van der Waals surface area contributed by atoms with Crippen molar-refractivity contribution in [1.82, 2.24) is 0 Å². The van der Waals surface area contributed by atoms with E-state index in [1.807, 2.05) is 0 Å². The molecule has 110 valence electrons. The van der Waals surface area contributed by atoms with Crippen LogP contribution in [0.1, 0.15) is 13.8 Å². The SMILES string of the molecule is CC1=C(C)OP(=O)(Oc2c(F)c(F)c(F)c(F)c2F)O1. The van der Waals surface area contributed by atoms with Crippen molar-refractivity contribution in [1.29, 1.82) is 0 Å². The van der Waals surface area contributed by atoms with Crippen molar-refractivity contribution in [2.45, 2.75) is 13.8 Å². The largest absolute Gasteiger partial charge is 0.646 e. The van der Waals surface area contributed by atoms with E-state index in [1.165, 1.54) is 13.8 Å². The average molecular weight is 316 g/mol. The highest BCUT2D eigenvalue weighted by molar-refractivity contribution is 7.49. The van der Waals surface area contributed by atoms with Crippen LogP contribution in [-0.2, 0) is 13.6 Å². The second kappa shape index (κ2) is 4.66. The predicted octanol–water partition coefficient (Wildman–Crippen LogP) is 4.17. The summed E-state index contributed by atoms with van der Waals surface area (Å²) in [6.07, 6.45) is 0. The van der Waals surface area contributed by atoms with Crippen molar-refractivity contribution in [2.24, 2.45) is 0 Å². The lowest BCUT2D eigenvalue weighted by Crippen LogP contribution is -2.06. The summed E-state index contributed by atoms with van der Waals surface area (Å²) in [4.78, 5) is 0. The quantitative estimate of drug-likeness (QED) is 0.355. The first-order valence-electron chi connectivity index (χ1n) is 5.04. The van der Waals surface area contributed by atoms with Gasteiger partial charge in [0.05, 0.1) is 0 Å². The van der Waals surface area contributed by atoms with Gasteiger partial charge in [-0.2, -0.15) is 13.3 Å². The number of benzene rings is 1. The molecule has 20 heavy (non-hydrogen) atoms. The topological polar surface area (TPSA) is 44.8 Å². The second-order valence-corrected chi connectivity index (χ2v) is 5.17. The first-order chi connectivity index (χ1) is 9.16. The predicted molar refractivity (Wildman–Crippen MR) is 55.0 cm³/mol. The molecule has 0 atom stereocenters. The third kappa shape index (κ3) is 2.22. The number of rotatable bonds is 2. The maximum Gasteiger partial charge on any atom is 0.646 e. The minimum atomic E-state index is -4.52. The molecule has 0 aromatic heterocycles. The molecule has 0 aliphatic carbocycles. The van der Waals surface area contributed by atoms with Crippen LogP contribution in [0.4, 0.5) is 22.0 Å². The van der Waals surface area contributed by atoms with Crippen molar-refractivity contribution < 1.29 is 40.1 Å². The highest BCUT2D eigenvalue weighted by Gasteiger charge is 2.42. The normalized spacial score (nSPS) is 16.9. The zero-order valence-electron chi connectivity index (χ0n) is 9.97. The van der Waals surface area contributed by atoms with Crippen LogP contribution in [-0.4, -0.2) is 0 Å². The fourth-order valence-electron chi connectivity index (χ4n) is 1.30. The van der Waals surface area contributed by atoms with Gasteiger partial charge in [-0.1, -0.05) is 0 Å². The van der Waals surface area contributed by atoms with Gasteiger partial charge in [-0.05, 0) is 13.8 Å². The van der Waals surface area contributed by atoms with Gasteiger partial charge in [-0.15, -0.1) is 0 Å². The molecule has 1 heterocycles. The van der Waals surface area contributed by atoms with Gasteiger partial charge in [-0.25, -0.2) is 13.2 Å². The van der Waals surface area contributed by atoms with E-state index >= 15 is 0 Å². The molecule has 0 amide bonds. The van der Waals surface area contributed by atoms with Crippen LogP contribution in [0.3, 0.4) is 0 Å². The summed E-state index contributed by atoms with van der Waals surface area (Å²) in [6, 6.07) is 0. The van der Waals surface area contributed by atoms with E-state index in [2.05, 4.69) is 13.6 Å². The molecular weight excluding hydrogens is 310 g/mol. The Morgan fingerprint density at radius 3 is 1.55 bits per heavy atom. The minimum absolute atomic E-state index is 0.00259. The molecule has 0 radical (unpaired) electrons. The lowest BCUT2D eigenvalue weighted by molar-refractivity contribution is 0.254. The molecule has 4 nitrogen and oxygen atoms in total. The number of halogens is 5. The van der Waals surface area contributed by atoms with E-state index in [-0.39, 0.29) is 11.5 Å². The van der Waals surface area contributed by atoms with Gasteiger partial charge in [0.2, 0.25) is 34.8 Å². The summed E-state index contributed by atoms with van der Waals surface area (Å²) >= 11 is 0. The van der Waals surface area contributed by atoms with E-state index in [4.69, 9.17) is 0 Å². The Morgan fingerprint density at radius 2 is 1.15 bits per heavy atom. The van der Waals surface area contributed by atoms with Crippen molar-refractivity contribution in [2.75, 3.05) is 0 Å².